The Morgan fingerprint density at radius 1 is 1.11 bits per heavy atom. The van der Waals surface area contributed by atoms with Gasteiger partial charge in [-0.25, -0.2) is 17.8 Å². The molecule has 9 heteroatoms. The topological polar surface area (TPSA) is 99.5 Å². The third-order valence-corrected chi connectivity index (χ3v) is 7.11. The minimum absolute atomic E-state index is 0.191. The summed E-state index contributed by atoms with van der Waals surface area (Å²) in [5.74, 6) is 0.731. The van der Waals surface area contributed by atoms with Crippen molar-refractivity contribution in [1.82, 2.24) is 14.5 Å². The minimum atomic E-state index is -3.76. The zero-order valence-corrected chi connectivity index (χ0v) is 16.1. The van der Waals surface area contributed by atoms with E-state index in [0.717, 1.165) is 41.8 Å². The fraction of sp³-hybridized carbons (Fsp3) is 0.474. The number of ether oxygens (including phenoxy) is 2. The molecular weight excluding hydrogens is 382 g/mol. The number of hydrogen-bond donors (Lipinski definition) is 1. The number of fused-ring (bicyclic) bond motifs is 2. The standard InChI is InChI=1S/C19H21N3O5S/c23-19-9-12-2-1-3-15(12)20-22(19)17-11-26-10-16(17)21-28(24,25)14-4-5-18-13(8-14)6-7-27-18/h4-5,8-9,16-17,21H,1-3,6-7,10-11H2. The minimum Gasteiger partial charge on any atom is -0.493 e. The lowest BCUT2D eigenvalue weighted by molar-refractivity contribution is 0.181. The van der Waals surface area contributed by atoms with Crippen LogP contribution in [0.3, 0.4) is 0 Å². The van der Waals surface area contributed by atoms with E-state index in [2.05, 4.69) is 9.82 Å². The van der Waals surface area contributed by atoms with Crippen LogP contribution in [0.15, 0.2) is 34.0 Å². The second-order valence-electron chi connectivity index (χ2n) is 7.45. The Balaban J connectivity index is 1.42. The summed E-state index contributed by atoms with van der Waals surface area (Å²) in [6.07, 6.45) is 3.40. The van der Waals surface area contributed by atoms with Gasteiger partial charge < -0.3 is 9.47 Å². The molecule has 2 aromatic rings. The average Bonchev–Trinajstić information content (AvgIpc) is 3.40. The largest absolute Gasteiger partial charge is 0.493 e. The van der Waals surface area contributed by atoms with Crippen LogP contribution in [0.1, 0.15) is 29.3 Å². The van der Waals surface area contributed by atoms with E-state index >= 15 is 0 Å². The fourth-order valence-corrected chi connectivity index (χ4v) is 5.45. The second kappa shape index (κ2) is 6.68. The Morgan fingerprint density at radius 2 is 2.00 bits per heavy atom. The molecule has 0 amide bonds. The smallest absolute Gasteiger partial charge is 0.267 e. The van der Waals surface area contributed by atoms with Gasteiger partial charge >= 0.3 is 0 Å². The quantitative estimate of drug-likeness (QED) is 0.802. The van der Waals surface area contributed by atoms with Gasteiger partial charge in [0.25, 0.3) is 5.56 Å². The van der Waals surface area contributed by atoms with Crippen molar-refractivity contribution in [1.29, 1.82) is 0 Å². The first-order chi connectivity index (χ1) is 13.5. The molecule has 5 rings (SSSR count). The fourth-order valence-electron chi connectivity index (χ4n) is 4.15. The Kier molecular flexibility index (Phi) is 4.26. The van der Waals surface area contributed by atoms with Gasteiger partial charge in [0.1, 0.15) is 5.75 Å². The van der Waals surface area contributed by atoms with E-state index in [0.29, 0.717) is 13.0 Å². The average molecular weight is 403 g/mol. The van der Waals surface area contributed by atoms with Crippen molar-refractivity contribution in [3.05, 3.63) is 51.4 Å². The van der Waals surface area contributed by atoms with Crippen LogP contribution in [0.25, 0.3) is 0 Å². The molecule has 1 aromatic heterocycles. The van der Waals surface area contributed by atoms with Crippen molar-refractivity contribution in [2.24, 2.45) is 0 Å². The maximum absolute atomic E-state index is 12.9. The number of sulfonamides is 1. The molecule has 1 saturated heterocycles. The van der Waals surface area contributed by atoms with Crippen LogP contribution in [0.5, 0.6) is 5.75 Å². The molecular formula is C19H21N3O5S. The third-order valence-electron chi connectivity index (χ3n) is 5.62. The number of nitrogens with zero attached hydrogens (tertiary/aromatic N) is 2. The van der Waals surface area contributed by atoms with Gasteiger partial charge in [-0.15, -0.1) is 0 Å². The second-order valence-corrected chi connectivity index (χ2v) is 9.17. The normalized spacial score (nSPS) is 23.4. The Morgan fingerprint density at radius 3 is 2.89 bits per heavy atom. The van der Waals surface area contributed by atoms with E-state index in [-0.39, 0.29) is 23.7 Å². The first-order valence-electron chi connectivity index (χ1n) is 9.49. The molecule has 1 aromatic carbocycles. The number of benzene rings is 1. The van der Waals surface area contributed by atoms with Crippen molar-refractivity contribution in [3.8, 4) is 5.75 Å². The van der Waals surface area contributed by atoms with E-state index in [1.807, 2.05) is 0 Å². The van der Waals surface area contributed by atoms with Crippen molar-refractivity contribution in [2.45, 2.75) is 42.7 Å². The molecule has 8 nitrogen and oxygen atoms in total. The highest BCUT2D eigenvalue weighted by Crippen LogP contribution is 2.28. The van der Waals surface area contributed by atoms with Crippen LogP contribution < -0.4 is 15.0 Å². The Labute approximate surface area is 162 Å². The molecule has 3 aliphatic rings. The van der Waals surface area contributed by atoms with Crippen LogP contribution >= 0.6 is 0 Å². The third kappa shape index (κ3) is 3.03. The number of aryl methyl sites for hydroxylation is 2. The van der Waals surface area contributed by atoms with E-state index in [4.69, 9.17) is 9.47 Å². The summed E-state index contributed by atoms with van der Waals surface area (Å²) in [7, 11) is -3.76. The number of aromatic nitrogens is 2. The molecule has 148 valence electrons. The van der Waals surface area contributed by atoms with E-state index in [9.17, 15) is 13.2 Å². The summed E-state index contributed by atoms with van der Waals surface area (Å²) in [6, 6.07) is 5.48. The first kappa shape index (κ1) is 17.8. The van der Waals surface area contributed by atoms with E-state index in [1.54, 1.807) is 18.2 Å². The lowest BCUT2D eigenvalue weighted by atomic mass is 10.2. The van der Waals surface area contributed by atoms with Crippen LogP contribution in [0.2, 0.25) is 0 Å². The zero-order chi connectivity index (χ0) is 19.3. The van der Waals surface area contributed by atoms with Crippen molar-refractivity contribution >= 4 is 10.0 Å². The van der Waals surface area contributed by atoms with Gasteiger partial charge in [-0.2, -0.15) is 5.10 Å². The highest BCUT2D eigenvalue weighted by atomic mass is 32.2. The first-order valence-corrected chi connectivity index (χ1v) is 11.0. The Hall–Kier alpha value is -2.23. The van der Waals surface area contributed by atoms with Crippen molar-refractivity contribution in [2.75, 3.05) is 19.8 Å². The summed E-state index contributed by atoms with van der Waals surface area (Å²) < 4.78 is 40.9. The molecule has 3 heterocycles. The predicted octanol–water partition coefficient (Wildman–Crippen LogP) is 0.585. The summed E-state index contributed by atoms with van der Waals surface area (Å²) in [5, 5.41) is 4.51. The molecule has 1 fully saturated rings. The molecule has 2 unspecified atom stereocenters. The van der Waals surface area contributed by atoms with Crippen LogP contribution in [0, 0.1) is 0 Å². The Bertz CT molecular complexity index is 1100. The van der Waals surface area contributed by atoms with Gasteiger partial charge in [0.15, 0.2) is 0 Å². The van der Waals surface area contributed by atoms with Crippen LogP contribution in [0.4, 0.5) is 0 Å². The van der Waals surface area contributed by atoms with Crippen LogP contribution in [-0.2, 0) is 34.0 Å². The number of hydrogen-bond acceptors (Lipinski definition) is 6. The number of rotatable bonds is 4. The lowest BCUT2D eigenvalue weighted by Gasteiger charge is -2.21. The van der Waals surface area contributed by atoms with Gasteiger partial charge in [0.05, 0.1) is 42.5 Å². The molecule has 1 N–H and O–H groups in total. The van der Waals surface area contributed by atoms with E-state index in [1.165, 1.54) is 10.7 Å². The van der Waals surface area contributed by atoms with Gasteiger partial charge in [-0.05, 0) is 48.6 Å². The highest BCUT2D eigenvalue weighted by Gasteiger charge is 2.35. The summed E-state index contributed by atoms with van der Waals surface area (Å²) in [5.41, 5.74) is 2.60. The van der Waals surface area contributed by atoms with Gasteiger partial charge in [0.2, 0.25) is 10.0 Å². The van der Waals surface area contributed by atoms with Crippen LogP contribution in [-0.4, -0.2) is 44.1 Å². The molecule has 0 bridgehead atoms. The monoisotopic (exact) mass is 403 g/mol. The maximum Gasteiger partial charge on any atom is 0.267 e. The molecule has 0 saturated carbocycles. The predicted molar refractivity (Wildman–Crippen MR) is 100 cm³/mol. The molecule has 2 atom stereocenters. The van der Waals surface area contributed by atoms with Gasteiger partial charge in [0, 0.05) is 12.5 Å². The maximum atomic E-state index is 12.9. The molecule has 0 spiro atoms. The molecule has 28 heavy (non-hydrogen) atoms. The lowest BCUT2D eigenvalue weighted by Crippen LogP contribution is -2.44. The SMILES string of the molecule is O=c1cc2c(nn1C1COCC1NS(=O)(=O)c1ccc3c(c1)CCO3)CCC2. The summed E-state index contributed by atoms with van der Waals surface area (Å²) in [6.45, 7) is 1.01. The molecule has 1 aliphatic carbocycles. The van der Waals surface area contributed by atoms with Crippen molar-refractivity contribution in [3.63, 3.8) is 0 Å². The van der Waals surface area contributed by atoms with E-state index < -0.39 is 22.1 Å². The van der Waals surface area contributed by atoms with Gasteiger partial charge in [-0.3, -0.25) is 4.79 Å². The zero-order valence-electron chi connectivity index (χ0n) is 15.3. The summed E-state index contributed by atoms with van der Waals surface area (Å²) in [4.78, 5) is 12.7. The highest BCUT2D eigenvalue weighted by molar-refractivity contribution is 7.89. The molecule has 0 radical (unpaired) electrons. The molecule has 2 aliphatic heterocycles. The number of nitrogens with one attached hydrogen (secondary N) is 1. The van der Waals surface area contributed by atoms with Crippen molar-refractivity contribution < 1.29 is 17.9 Å². The summed E-state index contributed by atoms with van der Waals surface area (Å²) >= 11 is 0. The van der Waals surface area contributed by atoms with Gasteiger partial charge in [-0.1, -0.05) is 0 Å².